The molecule has 0 aromatic heterocycles. The summed E-state index contributed by atoms with van der Waals surface area (Å²) in [5.74, 6) is 0.933. The predicted octanol–water partition coefficient (Wildman–Crippen LogP) is 6.33. The summed E-state index contributed by atoms with van der Waals surface area (Å²) in [4.78, 5) is 0. The minimum absolute atomic E-state index is 0.411. The highest BCUT2D eigenvalue weighted by Crippen LogP contribution is 2.37. The van der Waals surface area contributed by atoms with Gasteiger partial charge in [0.2, 0.25) is 0 Å². The Bertz CT molecular complexity index is 212. The van der Waals surface area contributed by atoms with Gasteiger partial charge in [-0.3, -0.25) is 0 Å². The van der Waals surface area contributed by atoms with Gasteiger partial charge in [-0.25, -0.2) is 0 Å². The number of hydrogen-bond acceptors (Lipinski definition) is 0. The van der Waals surface area contributed by atoms with Crippen molar-refractivity contribution in [3.05, 3.63) is 0 Å². The van der Waals surface area contributed by atoms with Gasteiger partial charge in [-0.15, -0.1) is 0 Å². The van der Waals surface area contributed by atoms with Gasteiger partial charge in [-0.2, -0.15) is 0 Å². The first kappa shape index (κ1) is 15.5. The first-order valence-corrected chi connectivity index (χ1v) is 8.29. The van der Waals surface area contributed by atoms with E-state index in [1.807, 2.05) is 0 Å². The second kappa shape index (κ2) is 6.59. The summed E-state index contributed by atoms with van der Waals surface area (Å²) < 4.78 is 0.411. The Morgan fingerprint density at radius 3 is 1.88 bits per heavy atom. The summed E-state index contributed by atoms with van der Waals surface area (Å²) in [6, 6.07) is 0. The maximum absolute atomic E-state index is 3.92. The largest absolute Gasteiger partial charge is 0.0856 e. The number of halogens is 1. The van der Waals surface area contributed by atoms with Crippen LogP contribution in [0.3, 0.4) is 0 Å². The average molecular weight is 303 g/mol. The fraction of sp³-hybridized carbons (Fsp3) is 1.00. The predicted molar refractivity (Wildman–Crippen MR) is 81.8 cm³/mol. The average Bonchev–Trinajstić information content (AvgIpc) is 2.21. The molecule has 1 rings (SSSR count). The second-order valence-electron chi connectivity index (χ2n) is 7.32. The van der Waals surface area contributed by atoms with Crippen LogP contribution in [0.15, 0.2) is 0 Å². The van der Waals surface area contributed by atoms with Gasteiger partial charge in [-0.1, -0.05) is 68.8 Å². The van der Waals surface area contributed by atoms with Gasteiger partial charge in [0.15, 0.2) is 0 Å². The molecule has 0 amide bonds. The molecule has 0 bridgehead atoms. The molecule has 0 N–H and O–H groups in total. The first-order chi connectivity index (χ1) is 7.81. The number of hydrogen-bond donors (Lipinski definition) is 0. The lowest BCUT2D eigenvalue weighted by Gasteiger charge is -2.31. The molecule has 0 heterocycles. The molecule has 1 aliphatic carbocycles. The van der Waals surface area contributed by atoms with Crippen molar-refractivity contribution in [2.24, 2.45) is 11.3 Å². The van der Waals surface area contributed by atoms with Crippen molar-refractivity contribution in [2.75, 3.05) is 0 Å². The highest BCUT2D eigenvalue weighted by atomic mass is 79.9. The van der Waals surface area contributed by atoms with Gasteiger partial charge in [-0.05, 0) is 43.9 Å². The monoisotopic (exact) mass is 302 g/mol. The summed E-state index contributed by atoms with van der Waals surface area (Å²) in [5.41, 5.74) is 0.506. The molecule has 102 valence electrons. The summed E-state index contributed by atoms with van der Waals surface area (Å²) in [6.45, 7) is 9.65. The Morgan fingerprint density at radius 2 is 1.35 bits per heavy atom. The van der Waals surface area contributed by atoms with Crippen molar-refractivity contribution >= 4 is 15.9 Å². The van der Waals surface area contributed by atoms with Crippen LogP contribution in [0, 0.1) is 11.3 Å². The molecule has 17 heavy (non-hydrogen) atoms. The fourth-order valence-electron chi connectivity index (χ4n) is 3.08. The zero-order valence-electron chi connectivity index (χ0n) is 12.3. The molecule has 0 nitrogen and oxygen atoms in total. The van der Waals surface area contributed by atoms with Gasteiger partial charge >= 0.3 is 0 Å². The third-order valence-electron chi connectivity index (χ3n) is 4.48. The lowest BCUT2D eigenvalue weighted by atomic mass is 9.75. The summed E-state index contributed by atoms with van der Waals surface area (Å²) in [5, 5.41) is 0. The van der Waals surface area contributed by atoms with Crippen molar-refractivity contribution in [1.29, 1.82) is 0 Å². The van der Waals surface area contributed by atoms with E-state index in [4.69, 9.17) is 0 Å². The minimum atomic E-state index is 0.411. The highest BCUT2D eigenvalue weighted by Gasteiger charge is 2.25. The van der Waals surface area contributed by atoms with E-state index in [-0.39, 0.29) is 0 Å². The molecular weight excluding hydrogens is 272 g/mol. The third-order valence-corrected chi connectivity index (χ3v) is 5.27. The molecule has 0 radical (unpaired) electrons. The maximum Gasteiger partial charge on any atom is 0.0229 e. The van der Waals surface area contributed by atoms with Crippen LogP contribution in [0.1, 0.15) is 85.5 Å². The van der Waals surface area contributed by atoms with Crippen LogP contribution in [0.5, 0.6) is 0 Å². The van der Waals surface area contributed by atoms with Crippen molar-refractivity contribution in [2.45, 2.75) is 89.8 Å². The van der Waals surface area contributed by atoms with Crippen molar-refractivity contribution in [3.8, 4) is 0 Å². The fourth-order valence-corrected chi connectivity index (χ4v) is 3.64. The minimum Gasteiger partial charge on any atom is -0.0856 e. The topological polar surface area (TPSA) is 0 Å². The molecule has 0 aliphatic heterocycles. The van der Waals surface area contributed by atoms with Crippen LogP contribution < -0.4 is 0 Å². The molecular formula is C16H31Br. The molecule has 1 saturated carbocycles. The van der Waals surface area contributed by atoms with E-state index in [9.17, 15) is 0 Å². The van der Waals surface area contributed by atoms with Crippen LogP contribution in [0.25, 0.3) is 0 Å². The Morgan fingerprint density at radius 1 is 0.882 bits per heavy atom. The van der Waals surface area contributed by atoms with E-state index >= 15 is 0 Å². The van der Waals surface area contributed by atoms with Gasteiger partial charge in [0, 0.05) is 4.32 Å². The Labute approximate surface area is 117 Å². The molecule has 2 unspecified atom stereocenters. The smallest absolute Gasteiger partial charge is 0.0229 e. The van der Waals surface area contributed by atoms with E-state index in [1.54, 1.807) is 0 Å². The Kier molecular flexibility index (Phi) is 6.02. The quantitative estimate of drug-likeness (QED) is 0.459. The van der Waals surface area contributed by atoms with Crippen LogP contribution in [-0.2, 0) is 0 Å². The Hall–Kier alpha value is 0.480. The van der Waals surface area contributed by atoms with E-state index in [2.05, 4.69) is 43.6 Å². The Balaban J connectivity index is 2.50. The lowest BCUT2D eigenvalue weighted by molar-refractivity contribution is 0.202. The first-order valence-electron chi connectivity index (χ1n) is 7.50. The molecule has 1 fully saturated rings. The molecule has 1 aliphatic rings. The maximum atomic E-state index is 3.92. The van der Waals surface area contributed by atoms with Crippen LogP contribution >= 0.6 is 15.9 Å². The molecule has 0 saturated heterocycles. The van der Waals surface area contributed by atoms with Crippen molar-refractivity contribution in [3.63, 3.8) is 0 Å². The molecule has 0 aromatic rings. The lowest BCUT2D eigenvalue weighted by Crippen LogP contribution is -2.20. The van der Waals surface area contributed by atoms with Gasteiger partial charge in [0.1, 0.15) is 0 Å². The van der Waals surface area contributed by atoms with Gasteiger partial charge < -0.3 is 0 Å². The number of alkyl halides is 1. The molecule has 0 aromatic carbocycles. The van der Waals surface area contributed by atoms with E-state index < -0.39 is 0 Å². The highest BCUT2D eigenvalue weighted by molar-refractivity contribution is 9.10. The van der Waals surface area contributed by atoms with E-state index in [0.29, 0.717) is 9.74 Å². The van der Waals surface area contributed by atoms with Crippen molar-refractivity contribution in [1.82, 2.24) is 0 Å². The third kappa shape index (κ3) is 6.27. The van der Waals surface area contributed by atoms with Crippen LogP contribution in [-0.4, -0.2) is 4.32 Å². The summed E-state index contributed by atoms with van der Waals surface area (Å²) in [6.07, 6.45) is 12.7. The molecule has 0 spiro atoms. The SMILES string of the molecule is CC1(Br)CCCCCC(C(C)(C)C)CCCC1. The standard InChI is InChI=1S/C16H31Br/c1-15(2,3)14-10-6-5-8-12-16(4,17)13-9-7-11-14/h14H,5-13H2,1-4H3. The van der Waals surface area contributed by atoms with Crippen LogP contribution in [0.4, 0.5) is 0 Å². The zero-order valence-corrected chi connectivity index (χ0v) is 13.9. The van der Waals surface area contributed by atoms with Gasteiger partial charge in [0.25, 0.3) is 0 Å². The normalized spacial score (nSPS) is 34.1. The second-order valence-corrected chi connectivity index (χ2v) is 9.24. The van der Waals surface area contributed by atoms with E-state index in [1.165, 1.54) is 57.8 Å². The summed E-state index contributed by atoms with van der Waals surface area (Å²) >= 11 is 3.92. The molecule has 2 atom stereocenters. The van der Waals surface area contributed by atoms with Crippen molar-refractivity contribution < 1.29 is 0 Å². The van der Waals surface area contributed by atoms with Crippen LogP contribution in [0.2, 0.25) is 0 Å². The van der Waals surface area contributed by atoms with E-state index in [0.717, 1.165) is 5.92 Å². The zero-order chi connectivity index (χ0) is 12.9. The molecule has 1 heteroatoms. The number of rotatable bonds is 0. The summed E-state index contributed by atoms with van der Waals surface area (Å²) in [7, 11) is 0. The van der Waals surface area contributed by atoms with Gasteiger partial charge in [0.05, 0.1) is 0 Å².